The standard InChI is InChI=1S/C14H18N6O/c1-9(2)20-14-18-5-11(6-19-14)13(21)17-8-12-7-15-10(3)4-16-12/h4-7,9H,8H2,1-3H3,(H,17,21)(H,18,19,20). The van der Waals surface area contributed by atoms with Crippen LogP contribution in [0.2, 0.25) is 0 Å². The molecule has 2 N–H and O–H groups in total. The third-order valence-electron chi connectivity index (χ3n) is 2.60. The van der Waals surface area contributed by atoms with E-state index in [-0.39, 0.29) is 11.9 Å². The van der Waals surface area contributed by atoms with E-state index in [0.717, 1.165) is 5.69 Å². The minimum absolute atomic E-state index is 0.241. The number of rotatable bonds is 5. The van der Waals surface area contributed by atoms with E-state index in [1.54, 1.807) is 12.4 Å². The van der Waals surface area contributed by atoms with Crippen LogP contribution in [0.25, 0.3) is 0 Å². The van der Waals surface area contributed by atoms with Crippen LogP contribution >= 0.6 is 0 Å². The molecular formula is C14H18N6O. The maximum Gasteiger partial charge on any atom is 0.254 e. The molecular weight excluding hydrogens is 268 g/mol. The number of aromatic nitrogens is 4. The van der Waals surface area contributed by atoms with Crippen LogP contribution in [0.3, 0.4) is 0 Å². The lowest BCUT2D eigenvalue weighted by molar-refractivity contribution is 0.0949. The van der Waals surface area contributed by atoms with Crippen molar-refractivity contribution in [1.82, 2.24) is 25.3 Å². The first kappa shape index (κ1) is 14.8. The summed E-state index contributed by atoms with van der Waals surface area (Å²) in [4.78, 5) is 28.4. The van der Waals surface area contributed by atoms with Gasteiger partial charge in [0.2, 0.25) is 5.95 Å². The van der Waals surface area contributed by atoms with Gasteiger partial charge in [0.05, 0.1) is 29.7 Å². The average Bonchev–Trinajstić information content (AvgIpc) is 2.46. The third kappa shape index (κ3) is 4.48. The molecule has 7 nitrogen and oxygen atoms in total. The summed E-state index contributed by atoms with van der Waals surface area (Å²) in [7, 11) is 0. The van der Waals surface area contributed by atoms with Crippen LogP contribution in [0.1, 0.15) is 35.6 Å². The van der Waals surface area contributed by atoms with Gasteiger partial charge in [-0.3, -0.25) is 14.8 Å². The van der Waals surface area contributed by atoms with Crippen molar-refractivity contribution in [3.8, 4) is 0 Å². The van der Waals surface area contributed by atoms with Crippen LogP contribution in [0.4, 0.5) is 5.95 Å². The molecule has 2 aromatic heterocycles. The molecule has 21 heavy (non-hydrogen) atoms. The van der Waals surface area contributed by atoms with Crippen molar-refractivity contribution in [2.75, 3.05) is 5.32 Å². The van der Waals surface area contributed by atoms with E-state index < -0.39 is 0 Å². The maximum atomic E-state index is 12.0. The first-order chi connectivity index (χ1) is 10.0. The predicted molar refractivity (Wildman–Crippen MR) is 78.7 cm³/mol. The first-order valence-electron chi connectivity index (χ1n) is 6.69. The SMILES string of the molecule is Cc1cnc(CNC(=O)c2cnc(NC(C)C)nc2)cn1. The van der Waals surface area contributed by atoms with Crippen LogP contribution in [0, 0.1) is 6.92 Å². The normalized spacial score (nSPS) is 10.5. The predicted octanol–water partition coefficient (Wildman–Crippen LogP) is 1.33. The van der Waals surface area contributed by atoms with Crippen molar-refractivity contribution in [3.63, 3.8) is 0 Å². The number of nitrogens with zero attached hydrogens (tertiary/aromatic N) is 4. The number of hydrogen-bond donors (Lipinski definition) is 2. The van der Waals surface area contributed by atoms with Gasteiger partial charge in [0.25, 0.3) is 5.91 Å². The Kier molecular flexibility index (Phi) is 4.76. The molecule has 2 aromatic rings. The molecule has 0 atom stereocenters. The largest absolute Gasteiger partial charge is 0.352 e. The van der Waals surface area contributed by atoms with Gasteiger partial charge in [0.1, 0.15) is 0 Å². The molecule has 0 spiro atoms. The lowest BCUT2D eigenvalue weighted by Crippen LogP contribution is -2.24. The molecule has 0 aromatic carbocycles. The minimum atomic E-state index is -0.242. The quantitative estimate of drug-likeness (QED) is 0.861. The summed E-state index contributed by atoms with van der Waals surface area (Å²) >= 11 is 0. The Morgan fingerprint density at radius 3 is 2.38 bits per heavy atom. The van der Waals surface area contributed by atoms with E-state index in [9.17, 15) is 4.79 Å². The Balaban J connectivity index is 1.92. The Hall–Kier alpha value is -2.57. The zero-order chi connectivity index (χ0) is 15.2. The molecule has 7 heteroatoms. The third-order valence-corrected chi connectivity index (χ3v) is 2.60. The molecule has 110 valence electrons. The monoisotopic (exact) mass is 286 g/mol. The second-order valence-corrected chi connectivity index (χ2v) is 4.93. The molecule has 0 saturated heterocycles. The summed E-state index contributed by atoms with van der Waals surface area (Å²) in [6.45, 7) is 6.16. The molecule has 0 radical (unpaired) electrons. The fourth-order valence-electron chi connectivity index (χ4n) is 1.56. The van der Waals surface area contributed by atoms with E-state index in [1.165, 1.54) is 12.4 Å². The molecule has 1 amide bonds. The molecule has 0 bridgehead atoms. The van der Waals surface area contributed by atoms with Gasteiger partial charge in [-0.25, -0.2) is 9.97 Å². The van der Waals surface area contributed by atoms with Gasteiger partial charge >= 0.3 is 0 Å². The fourth-order valence-corrected chi connectivity index (χ4v) is 1.56. The van der Waals surface area contributed by atoms with Crippen molar-refractivity contribution < 1.29 is 4.79 Å². The van der Waals surface area contributed by atoms with Crippen molar-refractivity contribution in [2.24, 2.45) is 0 Å². The molecule has 0 fully saturated rings. The second-order valence-electron chi connectivity index (χ2n) is 4.93. The molecule has 2 heterocycles. The number of nitrogens with one attached hydrogen (secondary N) is 2. The van der Waals surface area contributed by atoms with Crippen molar-refractivity contribution in [3.05, 3.63) is 41.7 Å². The summed E-state index contributed by atoms with van der Waals surface area (Å²) in [6.07, 6.45) is 6.29. The number of carbonyl (C=O) groups is 1. The lowest BCUT2D eigenvalue weighted by Gasteiger charge is -2.08. The van der Waals surface area contributed by atoms with Crippen LogP contribution in [0.5, 0.6) is 0 Å². The van der Waals surface area contributed by atoms with Gasteiger partial charge < -0.3 is 10.6 Å². The molecule has 0 saturated carbocycles. The molecule has 0 aliphatic heterocycles. The number of hydrogen-bond acceptors (Lipinski definition) is 6. The van der Waals surface area contributed by atoms with Crippen LogP contribution in [-0.2, 0) is 6.54 Å². The lowest BCUT2D eigenvalue weighted by atomic mass is 10.3. The Morgan fingerprint density at radius 2 is 1.81 bits per heavy atom. The molecule has 0 aliphatic carbocycles. The van der Waals surface area contributed by atoms with E-state index in [2.05, 4.69) is 30.6 Å². The van der Waals surface area contributed by atoms with Crippen molar-refractivity contribution in [1.29, 1.82) is 0 Å². The number of aryl methyl sites for hydroxylation is 1. The summed E-state index contributed by atoms with van der Waals surface area (Å²) in [5.41, 5.74) is 1.95. The number of anilines is 1. The van der Waals surface area contributed by atoms with Gasteiger partial charge in [-0.2, -0.15) is 0 Å². The van der Waals surface area contributed by atoms with Crippen molar-refractivity contribution in [2.45, 2.75) is 33.4 Å². The summed E-state index contributed by atoms with van der Waals surface area (Å²) in [5, 5.41) is 5.81. The Bertz CT molecular complexity index is 594. The summed E-state index contributed by atoms with van der Waals surface area (Å²) in [5.74, 6) is 0.263. The molecule has 2 rings (SSSR count). The number of carbonyl (C=O) groups excluding carboxylic acids is 1. The summed E-state index contributed by atoms with van der Waals surface area (Å²) in [6, 6.07) is 0.241. The van der Waals surface area contributed by atoms with E-state index in [1.807, 2.05) is 20.8 Å². The van der Waals surface area contributed by atoms with Gasteiger partial charge in [0.15, 0.2) is 0 Å². The van der Waals surface area contributed by atoms with Crippen LogP contribution in [-0.4, -0.2) is 31.9 Å². The molecule has 0 unspecified atom stereocenters. The zero-order valence-electron chi connectivity index (χ0n) is 12.3. The topological polar surface area (TPSA) is 92.7 Å². The highest BCUT2D eigenvalue weighted by atomic mass is 16.1. The Labute approximate surface area is 123 Å². The highest BCUT2D eigenvalue weighted by Crippen LogP contribution is 2.02. The fraction of sp³-hybridized carbons (Fsp3) is 0.357. The summed E-state index contributed by atoms with van der Waals surface area (Å²) < 4.78 is 0. The average molecular weight is 286 g/mol. The molecule has 0 aliphatic rings. The highest BCUT2D eigenvalue weighted by molar-refractivity contribution is 5.93. The van der Waals surface area contributed by atoms with Crippen LogP contribution < -0.4 is 10.6 Å². The highest BCUT2D eigenvalue weighted by Gasteiger charge is 2.08. The van der Waals surface area contributed by atoms with Gasteiger partial charge in [-0.05, 0) is 20.8 Å². The Morgan fingerprint density at radius 1 is 1.10 bits per heavy atom. The van der Waals surface area contributed by atoms with E-state index in [4.69, 9.17) is 0 Å². The zero-order valence-corrected chi connectivity index (χ0v) is 12.3. The first-order valence-corrected chi connectivity index (χ1v) is 6.69. The van der Waals surface area contributed by atoms with Crippen LogP contribution in [0.15, 0.2) is 24.8 Å². The maximum absolute atomic E-state index is 12.0. The van der Waals surface area contributed by atoms with E-state index in [0.29, 0.717) is 23.8 Å². The smallest absolute Gasteiger partial charge is 0.254 e. The number of amides is 1. The van der Waals surface area contributed by atoms with Gasteiger partial charge in [-0.15, -0.1) is 0 Å². The van der Waals surface area contributed by atoms with Crippen molar-refractivity contribution >= 4 is 11.9 Å². The minimum Gasteiger partial charge on any atom is -0.352 e. The van der Waals surface area contributed by atoms with Gasteiger partial charge in [0, 0.05) is 24.6 Å². The van der Waals surface area contributed by atoms with E-state index >= 15 is 0 Å². The van der Waals surface area contributed by atoms with Gasteiger partial charge in [-0.1, -0.05) is 0 Å². The second kappa shape index (κ2) is 6.74.